The first-order valence-corrected chi connectivity index (χ1v) is 10.5. The number of amides is 1. The first kappa shape index (κ1) is 19.9. The lowest BCUT2D eigenvalue weighted by Gasteiger charge is -2.07. The first-order chi connectivity index (χ1) is 14.6. The monoisotopic (exact) mass is 414 g/mol. The Hall–Kier alpha value is -3.44. The number of carbonyl (C=O) groups is 1. The molecule has 0 radical (unpaired) electrons. The number of ether oxygens (including phenoxy) is 1. The number of methoxy groups -OCH3 is 1. The molecule has 30 heavy (non-hydrogen) atoms. The summed E-state index contributed by atoms with van der Waals surface area (Å²) in [5, 5.41) is 6.02. The molecule has 4 aromatic rings. The molecule has 0 bridgehead atoms. The molecule has 0 aliphatic carbocycles. The standard InChI is InChI=1S/C25H22N2O2S/c1-17-3-7-19(8-4-17)23-16-30-25(27-23)21-9-5-18(6-10-21)15-26-24(28)20-11-13-22(29-2)14-12-20/h3-14,16H,15H2,1-2H3,(H,26,28). The zero-order valence-corrected chi connectivity index (χ0v) is 17.7. The Morgan fingerprint density at radius 1 is 0.933 bits per heavy atom. The molecular weight excluding hydrogens is 392 g/mol. The van der Waals surface area contributed by atoms with Crippen LogP contribution in [0.2, 0.25) is 0 Å². The molecule has 4 nitrogen and oxygen atoms in total. The number of thiazole rings is 1. The summed E-state index contributed by atoms with van der Waals surface area (Å²) in [5.41, 5.74) is 6.08. The van der Waals surface area contributed by atoms with Gasteiger partial charge >= 0.3 is 0 Å². The molecule has 0 aliphatic heterocycles. The van der Waals surface area contributed by atoms with Crippen LogP contribution in [0.4, 0.5) is 0 Å². The molecule has 1 amide bonds. The van der Waals surface area contributed by atoms with E-state index in [1.807, 2.05) is 24.3 Å². The largest absolute Gasteiger partial charge is 0.497 e. The predicted molar refractivity (Wildman–Crippen MR) is 122 cm³/mol. The van der Waals surface area contributed by atoms with Crippen LogP contribution in [0.15, 0.2) is 78.2 Å². The molecule has 0 saturated carbocycles. The average molecular weight is 415 g/mol. The SMILES string of the molecule is COc1ccc(C(=O)NCc2ccc(-c3nc(-c4ccc(C)cc4)cs3)cc2)cc1. The number of benzene rings is 3. The lowest BCUT2D eigenvalue weighted by molar-refractivity contribution is 0.0951. The highest BCUT2D eigenvalue weighted by molar-refractivity contribution is 7.13. The molecule has 1 heterocycles. The fourth-order valence-corrected chi connectivity index (χ4v) is 3.89. The molecule has 150 valence electrons. The van der Waals surface area contributed by atoms with Gasteiger partial charge in [0.05, 0.1) is 12.8 Å². The normalized spacial score (nSPS) is 10.6. The first-order valence-electron chi connectivity index (χ1n) is 9.66. The van der Waals surface area contributed by atoms with Crippen molar-refractivity contribution in [2.24, 2.45) is 0 Å². The fraction of sp³-hybridized carbons (Fsp3) is 0.120. The highest BCUT2D eigenvalue weighted by Gasteiger charge is 2.08. The van der Waals surface area contributed by atoms with Crippen molar-refractivity contribution < 1.29 is 9.53 Å². The molecule has 0 aliphatic rings. The van der Waals surface area contributed by atoms with Gasteiger partial charge in [-0.05, 0) is 36.8 Å². The van der Waals surface area contributed by atoms with Gasteiger partial charge in [0.15, 0.2) is 0 Å². The second kappa shape index (κ2) is 8.93. The van der Waals surface area contributed by atoms with Crippen LogP contribution >= 0.6 is 11.3 Å². The molecule has 0 spiro atoms. The number of aryl methyl sites for hydroxylation is 1. The van der Waals surface area contributed by atoms with E-state index in [4.69, 9.17) is 9.72 Å². The topological polar surface area (TPSA) is 51.2 Å². The third kappa shape index (κ3) is 4.58. The van der Waals surface area contributed by atoms with Crippen molar-refractivity contribution in [3.63, 3.8) is 0 Å². The van der Waals surface area contributed by atoms with Gasteiger partial charge in [-0.3, -0.25) is 4.79 Å². The van der Waals surface area contributed by atoms with Crippen LogP contribution in [-0.4, -0.2) is 18.0 Å². The van der Waals surface area contributed by atoms with Crippen LogP contribution in [0.25, 0.3) is 21.8 Å². The van der Waals surface area contributed by atoms with Gasteiger partial charge in [-0.15, -0.1) is 11.3 Å². The minimum atomic E-state index is -0.107. The summed E-state index contributed by atoms with van der Waals surface area (Å²) in [4.78, 5) is 17.1. The van der Waals surface area contributed by atoms with E-state index >= 15 is 0 Å². The van der Waals surface area contributed by atoms with Crippen LogP contribution in [0, 0.1) is 6.92 Å². The summed E-state index contributed by atoms with van der Waals surface area (Å²) >= 11 is 1.63. The van der Waals surface area contributed by atoms with Crippen molar-refractivity contribution in [2.75, 3.05) is 7.11 Å². The number of hydrogen-bond acceptors (Lipinski definition) is 4. The second-order valence-electron chi connectivity index (χ2n) is 7.01. The quantitative estimate of drug-likeness (QED) is 0.439. The Morgan fingerprint density at radius 2 is 1.60 bits per heavy atom. The van der Waals surface area contributed by atoms with Crippen molar-refractivity contribution in [2.45, 2.75) is 13.5 Å². The van der Waals surface area contributed by atoms with Crippen LogP contribution in [0.5, 0.6) is 5.75 Å². The Balaban J connectivity index is 1.39. The minimum Gasteiger partial charge on any atom is -0.497 e. The number of aromatic nitrogens is 1. The van der Waals surface area contributed by atoms with E-state index in [0.29, 0.717) is 12.1 Å². The number of carbonyl (C=O) groups excluding carboxylic acids is 1. The highest BCUT2D eigenvalue weighted by Crippen LogP contribution is 2.29. The maximum absolute atomic E-state index is 12.3. The number of hydrogen-bond donors (Lipinski definition) is 1. The molecule has 5 heteroatoms. The molecule has 0 fully saturated rings. The van der Waals surface area contributed by atoms with Crippen LogP contribution in [-0.2, 0) is 6.54 Å². The molecule has 4 rings (SSSR count). The summed E-state index contributed by atoms with van der Waals surface area (Å²) in [7, 11) is 1.60. The van der Waals surface area contributed by atoms with Gasteiger partial charge in [0.25, 0.3) is 5.91 Å². The van der Waals surface area contributed by atoms with E-state index in [1.165, 1.54) is 5.56 Å². The molecule has 1 aromatic heterocycles. The molecular formula is C25H22N2O2S. The number of nitrogens with zero attached hydrogens (tertiary/aromatic N) is 1. The van der Waals surface area contributed by atoms with Gasteiger partial charge in [-0.2, -0.15) is 0 Å². The van der Waals surface area contributed by atoms with Crippen LogP contribution in [0.3, 0.4) is 0 Å². The summed E-state index contributed by atoms with van der Waals surface area (Å²) in [6.07, 6.45) is 0. The van der Waals surface area contributed by atoms with Gasteiger partial charge in [0.1, 0.15) is 10.8 Å². The second-order valence-corrected chi connectivity index (χ2v) is 7.87. The van der Waals surface area contributed by atoms with Crippen molar-refractivity contribution >= 4 is 17.2 Å². The zero-order chi connectivity index (χ0) is 20.9. The summed E-state index contributed by atoms with van der Waals surface area (Å²) < 4.78 is 5.12. The van der Waals surface area contributed by atoms with Gasteiger partial charge in [0.2, 0.25) is 0 Å². The Bertz CT molecular complexity index is 1130. The Labute approximate surface area is 180 Å². The van der Waals surface area contributed by atoms with E-state index in [1.54, 1.807) is 42.7 Å². The lowest BCUT2D eigenvalue weighted by atomic mass is 10.1. The predicted octanol–water partition coefficient (Wildman–Crippen LogP) is 5.72. The zero-order valence-electron chi connectivity index (χ0n) is 16.9. The van der Waals surface area contributed by atoms with E-state index in [-0.39, 0.29) is 5.91 Å². The Kier molecular flexibility index (Phi) is 5.91. The van der Waals surface area contributed by atoms with Crippen molar-refractivity contribution in [3.8, 4) is 27.6 Å². The third-order valence-corrected chi connectivity index (χ3v) is 5.75. The average Bonchev–Trinajstić information content (AvgIpc) is 3.28. The number of rotatable bonds is 6. The smallest absolute Gasteiger partial charge is 0.251 e. The van der Waals surface area contributed by atoms with E-state index < -0.39 is 0 Å². The van der Waals surface area contributed by atoms with Gasteiger partial charge in [-0.25, -0.2) is 4.98 Å². The van der Waals surface area contributed by atoms with Crippen LogP contribution in [0.1, 0.15) is 21.5 Å². The van der Waals surface area contributed by atoms with Crippen molar-refractivity contribution in [3.05, 3.63) is 94.9 Å². The minimum absolute atomic E-state index is 0.107. The van der Waals surface area contributed by atoms with Crippen molar-refractivity contribution in [1.29, 1.82) is 0 Å². The maximum Gasteiger partial charge on any atom is 0.251 e. The summed E-state index contributed by atoms with van der Waals surface area (Å²) in [6, 6.07) is 23.6. The summed E-state index contributed by atoms with van der Waals surface area (Å²) in [5.74, 6) is 0.624. The molecule has 0 atom stereocenters. The lowest BCUT2D eigenvalue weighted by Crippen LogP contribution is -2.22. The van der Waals surface area contributed by atoms with Crippen molar-refractivity contribution in [1.82, 2.24) is 10.3 Å². The molecule has 0 saturated heterocycles. The van der Waals surface area contributed by atoms with E-state index in [2.05, 4.69) is 41.9 Å². The van der Waals surface area contributed by atoms with Crippen LogP contribution < -0.4 is 10.1 Å². The van der Waals surface area contributed by atoms with E-state index in [0.717, 1.165) is 33.1 Å². The molecule has 3 aromatic carbocycles. The third-order valence-electron chi connectivity index (χ3n) is 4.86. The Morgan fingerprint density at radius 3 is 2.27 bits per heavy atom. The maximum atomic E-state index is 12.3. The van der Waals surface area contributed by atoms with Gasteiger partial charge in [0, 0.05) is 28.6 Å². The van der Waals surface area contributed by atoms with Gasteiger partial charge < -0.3 is 10.1 Å². The fourth-order valence-electron chi connectivity index (χ4n) is 3.06. The summed E-state index contributed by atoms with van der Waals surface area (Å²) in [6.45, 7) is 2.55. The highest BCUT2D eigenvalue weighted by atomic mass is 32.1. The molecule has 1 N–H and O–H groups in total. The molecule has 0 unspecified atom stereocenters. The van der Waals surface area contributed by atoms with Gasteiger partial charge in [-0.1, -0.05) is 54.1 Å². The van der Waals surface area contributed by atoms with E-state index in [9.17, 15) is 4.79 Å². The number of nitrogens with one attached hydrogen (secondary N) is 1.